The monoisotopic (exact) mass is 294 g/mol. The van der Waals surface area contributed by atoms with Gasteiger partial charge in [-0.1, -0.05) is 0 Å². The smallest absolute Gasteiger partial charge is 0.411 e. The molecule has 0 saturated heterocycles. The molecule has 110 valence electrons. The Kier molecular flexibility index (Phi) is 5.51. The zero-order valence-electron chi connectivity index (χ0n) is 9.98. The Morgan fingerprint density at radius 1 is 1.30 bits per heavy atom. The second kappa shape index (κ2) is 6.90. The Bertz CT molecular complexity index is 497. The highest BCUT2D eigenvalue weighted by atomic mass is 19.4. The second-order valence-electron chi connectivity index (χ2n) is 3.62. The van der Waals surface area contributed by atoms with Crippen molar-refractivity contribution in [2.24, 2.45) is 0 Å². The van der Waals surface area contributed by atoms with E-state index in [1.165, 1.54) is 6.07 Å². The number of benzene rings is 1. The number of carboxylic acids is 1. The molecule has 8 heteroatoms. The minimum Gasteiger partial charge on any atom is -0.478 e. The average molecular weight is 294 g/mol. The van der Waals surface area contributed by atoms with Crippen LogP contribution < -0.4 is 4.74 Å². The summed E-state index contributed by atoms with van der Waals surface area (Å²) in [6, 6.07) is 3.25. The number of hydrogen-bond donors (Lipinski definition) is 1. The lowest BCUT2D eigenvalue weighted by molar-refractivity contribution is -0.186. The standard InChI is InChI=1S/C12H10F4O4/c13-9-3-8(1-2-11(17)18)4-10(5-9)20-7-19-6-12(14,15)16/h1-5H,6-7H2,(H,17,18)/b2-1+. The van der Waals surface area contributed by atoms with E-state index in [9.17, 15) is 22.4 Å². The summed E-state index contributed by atoms with van der Waals surface area (Å²) in [5, 5.41) is 8.42. The Morgan fingerprint density at radius 2 is 2.00 bits per heavy atom. The van der Waals surface area contributed by atoms with Crippen molar-refractivity contribution in [1.29, 1.82) is 0 Å². The van der Waals surface area contributed by atoms with Gasteiger partial charge in [-0.3, -0.25) is 0 Å². The zero-order valence-corrected chi connectivity index (χ0v) is 9.98. The van der Waals surface area contributed by atoms with E-state index in [0.717, 1.165) is 24.3 Å². The molecule has 0 spiro atoms. The van der Waals surface area contributed by atoms with Crippen LogP contribution in [0, 0.1) is 5.82 Å². The number of rotatable bonds is 6. The van der Waals surface area contributed by atoms with Gasteiger partial charge in [0.05, 0.1) is 0 Å². The van der Waals surface area contributed by atoms with Gasteiger partial charge >= 0.3 is 12.1 Å². The second-order valence-corrected chi connectivity index (χ2v) is 3.62. The lowest BCUT2D eigenvalue weighted by atomic mass is 10.2. The number of ether oxygens (including phenoxy) is 2. The molecule has 0 amide bonds. The lowest BCUT2D eigenvalue weighted by Crippen LogP contribution is -2.19. The molecule has 1 aromatic carbocycles. The van der Waals surface area contributed by atoms with Crippen molar-refractivity contribution >= 4 is 12.0 Å². The highest BCUT2D eigenvalue weighted by molar-refractivity contribution is 5.85. The van der Waals surface area contributed by atoms with E-state index < -0.39 is 31.4 Å². The lowest BCUT2D eigenvalue weighted by Gasteiger charge is -2.09. The maximum atomic E-state index is 13.2. The van der Waals surface area contributed by atoms with Crippen LogP contribution in [0.1, 0.15) is 5.56 Å². The third-order valence-electron chi connectivity index (χ3n) is 1.89. The molecule has 0 fully saturated rings. The summed E-state index contributed by atoms with van der Waals surface area (Å²) in [6.07, 6.45) is -2.56. The van der Waals surface area contributed by atoms with Crippen LogP contribution in [-0.4, -0.2) is 30.7 Å². The fraction of sp³-hybridized carbons (Fsp3) is 0.250. The van der Waals surface area contributed by atoms with Gasteiger partial charge in [0.15, 0.2) is 6.79 Å². The molecule has 0 unspecified atom stereocenters. The van der Waals surface area contributed by atoms with Crippen LogP contribution >= 0.6 is 0 Å². The predicted molar refractivity (Wildman–Crippen MR) is 60.6 cm³/mol. The molecular weight excluding hydrogens is 284 g/mol. The molecule has 0 aliphatic rings. The van der Waals surface area contributed by atoms with E-state index in [2.05, 4.69) is 4.74 Å². The van der Waals surface area contributed by atoms with E-state index in [-0.39, 0.29) is 11.3 Å². The molecular formula is C12H10F4O4. The minimum absolute atomic E-state index is 0.0720. The summed E-state index contributed by atoms with van der Waals surface area (Å²) in [5.74, 6) is -2.01. The Balaban J connectivity index is 2.60. The number of alkyl halides is 3. The van der Waals surface area contributed by atoms with E-state index in [1.54, 1.807) is 0 Å². The van der Waals surface area contributed by atoms with Crippen molar-refractivity contribution in [3.63, 3.8) is 0 Å². The highest BCUT2D eigenvalue weighted by Gasteiger charge is 2.27. The van der Waals surface area contributed by atoms with Crippen LogP contribution in [0.2, 0.25) is 0 Å². The summed E-state index contributed by atoms with van der Waals surface area (Å²) >= 11 is 0. The van der Waals surface area contributed by atoms with Crippen LogP contribution in [0.4, 0.5) is 17.6 Å². The molecule has 1 aromatic rings. The summed E-state index contributed by atoms with van der Waals surface area (Å²) < 4.78 is 57.5. The molecule has 0 radical (unpaired) electrons. The first kappa shape index (κ1) is 16.0. The number of aliphatic carboxylic acids is 1. The fourth-order valence-corrected chi connectivity index (χ4v) is 1.20. The number of carboxylic acid groups (broad SMARTS) is 1. The van der Waals surface area contributed by atoms with E-state index >= 15 is 0 Å². The Morgan fingerprint density at radius 3 is 2.60 bits per heavy atom. The third-order valence-corrected chi connectivity index (χ3v) is 1.89. The molecule has 0 aromatic heterocycles. The summed E-state index contributed by atoms with van der Waals surface area (Å²) in [7, 11) is 0. The SMILES string of the molecule is O=C(O)/C=C/c1cc(F)cc(OCOCC(F)(F)F)c1. The maximum absolute atomic E-state index is 13.2. The molecule has 0 aliphatic heterocycles. The highest BCUT2D eigenvalue weighted by Crippen LogP contribution is 2.18. The van der Waals surface area contributed by atoms with Crippen LogP contribution in [0.3, 0.4) is 0 Å². The van der Waals surface area contributed by atoms with Crippen molar-refractivity contribution in [2.45, 2.75) is 6.18 Å². The first-order valence-corrected chi connectivity index (χ1v) is 5.25. The van der Waals surface area contributed by atoms with Crippen molar-refractivity contribution in [2.75, 3.05) is 13.4 Å². The number of hydrogen-bond acceptors (Lipinski definition) is 3. The number of halogens is 4. The fourth-order valence-electron chi connectivity index (χ4n) is 1.20. The van der Waals surface area contributed by atoms with Gasteiger partial charge in [-0.15, -0.1) is 0 Å². The molecule has 0 saturated carbocycles. The first-order valence-electron chi connectivity index (χ1n) is 5.25. The first-order chi connectivity index (χ1) is 9.26. The van der Waals surface area contributed by atoms with Gasteiger partial charge in [-0.05, 0) is 23.8 Å². The van der Waals surface area contributed by atoms with Gasteiger partial charge < -0.3 is 14.6 Å². The van der Waals surface area contributed by atoms with Crippen LogP contribution in [0.5, 0.6) is 5.75 Å². The van der Waals surface area contributed by atoms with Gasteiger partial charge in [0.1, 0.15) is 18.2 Å². The molecule has 0 atom stereocenters. The quantitative estimate of drug-likeness (QED) is 0.379. The minimum atomic E-state index is -4.47. The summed E-state index contributed by atoms with van der Waals surface area (Å²) in [5.41, 5.74) is 0.193. The van der Waals surface area contributed by atoms with Crippen molar-refractivity contribution in [3.05, 3.63) is 35.7 Å². The summed E-state index contributed by atoms with van der Waals surface area (Å²) in [4.78, 5) is 10.3. The molecule has 0 heterocycles. The molecule has 4 nitrogen and oxygen atoms in total. The third kappa shape index (κ3) is 6.74. The normalized spacial score (nSPS) is 11.8. The number of carbonyl (C=O) groups is 1. The van der Waals surface area contributed by atoms with Crippen molar-refractivity contribution in [1.82, 2.24) is 0 Å². The van der Waals surface area contributed by atoms with Gasteiger partial charge in [0, 0.05) is 12.1 Å². The van der Waals surface area contributed by atoms with Crippen molar-refractivity contribution in [3.8, 4) is 5.75 Å². The van der Waals surface area contributed by atoms with Gasteiger partial charge in [0.2, 0.25) is 0 Å². The van der Waals surface area contributed by atoms with E-state index in [0.29, 0.717) is 0 Å². The maximum Gasteiger partial charge on any atom is 0.411 e. The topological polar surface area (TPSA) is 55.8 Å². The van der Waals surface area contributed by atoms with E-state index in [4.69, 9.17) is 9.84 Å². The van der Waals surface area contributed by atoms with Gasteiger partial charge in [-0.2, -0.15) is 13.2 Å². The Hall–Kier alpha value is -2.09. The largest absolute Gasteiger partial charge is 0.478 e. The van der Waals surface area contributed by atoms with E-state index in [1.807, 2.05) is 0 Å². The molecule has 0 aliphatic carbocycles. The predicted octanol–water partition coefficient (Wildman–Crippen LogP) is 2.84. The van der Waals surface area contributed by atoms with Gasteiger partial charge in [0.25, 0.3) is 0 Å². The van der Waals surface area contributed by atoms with Crippen LogP contribution in [0.15, 0.2) is 24.3 Å². The average Bonchev–Trinajstić information content (AvgIpc) is 2.30. The van der Waals surface area contributed by atoms with Gasteiger partial charge in [-0.25, -0.2) is 9.18 Å². The summed E-state index contributed by atoms with van der Waals surface area (Å²) in [6.45, 7) is -2.18. The van der Waals surface area contributed by atoms with Crippen LogP contribution in [-0.2, 0) is 9.53 Å². The molecule has 1 N–H and O–H groups in total. The molecule has 1 rings (SSSR count). The molecule has 20 heavy (non-hydrogen) atoms. The Labute approximate surface area is 111 Å². The molecule has 0 bridgehead atoms. The van der Waals surface area contributed by atoms with Crippen molar-refractivity contribution < 1.29 is 36.9 Å². The van der Waals surface area contributed by atoms with Crippen LogP contribution in [0.25, 0.3) is 6.08 Å². The zero-order chi connectivity index (χ0) is 15.2.